The van der Waals surface area contributed by atoms with Gasteiger partial charge < -0.3 is 20.8 Å². The van der Waals surface area contributed by atoms with E-state index in [1.54, 1.807) is 0 Å². The first-order valence-corrected chi connectivity index (χ1v) is 8.01. The number of halogens is 1. The lowest BCUT2D eigenvalue weighted by molar-refractivity contribution is 0.181. The van der Waals surface area contributed by atoms with Crippen LogP contribution in [0.15, 0.2) is 24.3 Å². The van der Waals surface area contributed by atoms with E-state index in [4.69, 9.17) is 21.8 Å². The zero-order chi connectivity index (χ0) is 16.0. The molecule has 22 heavy (non-hydrogen) atoms. The molecule has 6 heteroatoms. The van der Waals surface area contributed by atoms with E-state index < -0.39 is 6.09 Å². The third-order valence-electron chi connectivity index (χ3n) is 4.50. The smallest absolute Gasteiger partial charge is 0.404 e. The first-order chi connectivity index (χ1) is 10.6. The van der Waals surface area contributed by atoms with Crippen molar-refractivity contribution in [3.8, 4) is 0 Å². The molecule has 122 valence electrons. The molecule has 5 nitrogen and oxygen atoms in total. The van der Waals surface area contributed by atoms with Crippen molar-refractivity contribution in [2.24, 2.45) is 0 Å². The van der Waals surface area contributed by atoms with Gasteiger partial charge in [-0.2, -0.15) is 0 Å². The summed E-state index contributed by atoms with van der Waals surface area (Å²) < 4.78 is 0. The van der Waals surface area contributed by atoms with Crippen molar-refractivity contribution in [2.75, 3.05) is 19.7 Å². The van der Waals surface area contributed by atoms with Crippen molar-refractivity contribution < 1.29 is 15.0 Å². The minimum absolute atomic E-state index is 0.135. The molecule has 0 aromatic heterocycles. The van der Waals surface area contributed by atoms with Gasteiger partial charge in [-0.3, -0.25) is 0 Å². The number of aliphatic hydroxyl groups is 1. The Balaban J connectivity index is 2.12. The van der Waals surface area contributed by atoms with Gasteiger partial charge in [0.25, 0.3) is 0 Å². The van der Waals surface area contributed by atoms with Gasteiger partial charge in [-0.15, -0.1) is 0 Å². The summed E-state index contributed by atoms with van der Waals surface area (Å²) in [5.74, 6) is 0. The highest BCUT2D eigenvalue weighted by Crippen LogP contribution is 2.39. The van der Waals surface area contributed by atoms with Crippen molar-refractivity contribution in [3.05, 3.63) is 34.9 Å². The van der Waals surface area contributed by atoms with Crippen LogP contribution in [0.3, 0.4) is 0 Å². The predicted octanol–water partition coefficient (Wildman–Crippen LogP) is 2.37. The number of rotatable bonds is 6. The van der Waals surface area contributed by atoms with E-state index in [-0.39, 0.29) is 12.0 Å². The Bertz CT molecular complexity index is 502. The fraction of sp³-hybridized carbons (Fsp3) is 0.562. The minimum Gasteiger partial charge on any atom is -0.465 e. The normalized spacial score (nSPS) is 24.9. The lowest BCUT2D eigenvalue weighted by atomic mass is 9.68. The number of hydrogen-bond donors (Lipinski definition) is 4. The molecule has 0 bridgehead atoms. The molecule has 0 radical (unpaired) electrons. The fourth-order valence-corrected chi connectivity index (χ4v) is 3.46. The summed E-state index contributed by atoms with van der Waals surface area (Å²) in [5.41, 5.74) is 0.884. The maximum Gasteiger partial charge on any atom is 0.404 e. The summed E-state index contributed by atoms with van der Waals surface area (Å²) in [6, 6.07) is 8.08. The van der Waals surface area contributed by atoms with Crippen molar-refractivity contribution >= 4 is 17.7 Å². The number of amides is 1. The number of carboxylic acid groups (broad SMARTS) is 1. The SMILES string of the molecule is O=C(O)NCC1(c2cccc(Cl)c2)CCC(NCCO)CC1. The standard InChI is InChI=1S/C16H23ClN2O3/c17-13-3-1-2-12(10-13)16(11-19-15(21)22)6-4-14(5-7-16)18-8-9-20/h1-3,10,14,18-20H,4-9,11H2,(H,21,22). The third kappa shape index (κ3) is 4.35. The molecule has 1 aromatic rings. The van der Waals surface area contributed by atoms with Crippen LogP contribution in [0.25, 0.3) is 0 Å². The average Bonchev–Trinajstić information content (AvgIpc) is 2.52. The summed E-state index contributed by atoms with van der Waals surface area (Å²) in [6.07, 6.45) is 2.68. The van der Waals surface area contributed by atoms with E-state index in [0.717, 1.165) is 31.2 Å². The molecule has 1 aromatic carbocycles. The molecule has 1 fully saturated rings. The summed E-state index contributed by atoms with van der Waals surface area (Å²) in [4.78, 5) is 10.9. The van der Waals surface area contributed by atoms with Gasteiger partial charge in [-0.05, 0) is 43.4 Å². The molecular formula is C16H23ClN2O3. The second-order valence-corrected chi connectivity index (χ2v) is 6.34. The van der Waals surface area contributed by atoms with Crippen LogP contribution < -0.4 is 10.6 Å². The summed E-state index contributed by atoms with van der Waals surface area (Å²) in [6.45, 7) is 1.13. The largest absolute Gasteiger partial charge is 0.465 e. The van der Waals surface area contributed by atoms with Gasteiger partial charge >= 0.3 is 6.09 Å². The summed E-state index contributed by atoms with van der Waals surface area (Å²) >= 11 is 6.11. The van der Waals surface area contributed by atoms with E-state index in [2.05, 4.69) is 10.6 Å². The molecular weight excluding hydrogens is 304 g/mol. The number of hydrogen-bond acceptors (Lipinski definition) is 3. The van der Waals surface area contributed by atoms with Crippen LogP contribution in [0.5, 0.6) is 0 Å². The third-order valence-corrected chi connectivity index (χ3v) is 4.74. The second kappa shape index (κ2) is 7.81. The second-order valence-electron chi connectivity index (χ2n) is 5.90. The zero-order valence-electron chi connectivity index (χ0n) is 12.5. The molecule has 1 amide bonds. The lowest BCUT2D eigenvalue weighted by Crippen LogP contribution is -2.46. The van der Waals surface area contributed by atoms with Gasteiger partial charge in [-0.25, -0.2) is 4.79 Å². The van der Waals surface area contributed by atoms with E-state index >= 15 is 0 Å². The fourth-order valence-electron chi connectivity index (χ4n) is 3.27. The Kier molecular flexibility index (Phi) is 6.06. The Labute approximate surface area is 135 Å². The molecule has 0 saturated heterocycles. The lowest BCUT2D eigenvalue weighted by Gasteiger charge is -2.41. The molecule has 0 unspecified atom stereocenters. The van der Waals surface area contributed by atoms with Crippen LogP contribution in [-0.4, -0.2) is 42.0 Å². The van der Waals surface area contributed by atoms with E-state index in [9.17, 15) is 4.79 Å². The van der Waals surface area contributed by atoms with Gasteiger partial charge in [0.15, 0.2) is 0 Å². The van der Waals surface area contributed by atoms with Crippen LogP contribution >= 0.6 is 11.6 Å². The van der Waals surface area contributed by atoms with Gasteiger partial charge in [-0.1, -0.05) is 23.7 Å². The Morgan fingerprint density at radius 3 is 2.68 bits per heavy atom. The molecule has 1 aliphatic carbocycles. The van der Waals surface area contributed by atoms with E-state index in [0.29, 0.717) is 24.2 Å². The Morgan fingerprint density at radius 1 is 1.36 bits per heavy atom. The minimum atomic E-state index is -0.998. The number of nitrogens with one attached hydrogen (secondary N) is 2. The Hall–Kier alpha value is -1.30. The average molecular weight is 327 g/mol. The molecule has 2 rings (SSSR count). The zero-order valence-corrected chi connectivity index (χ0v) is 13.3. The first-order valence-electron chi connectivity index (χ1n) is 7.63. The van der Waals surface area contributed by atoms with Crippen molar-refractivity contribution in [2.45, 2.75) is 37.1 Å². The topological polar surface area (TPSA) is 81.6 Å². The number of benzene rings is 1. The first kappa shape index (κ1) is 17.1. The maximum absolute atomic E-state index is 10.9. The van der Waals surface area contributed by atoms with Gasteiger partial charge in [0, 0.05) is 29.6 Å². The highest BCUT2D eigenvalue weighted by Gasteiger charge is 2.37. The number of aliphatic hydroxyl groups excluding tert-OH is 1. The Morgan fingerprint density at radius 2 is 2.09 bits per heavy atom. The van der Waals surface area contributed by atoms with E-state index in [1.807, 2.05) is 24.3 Å². The summed E-state index contributed by atoms with van der Waals surface area (Å²) in [7, 11) is 0. The van der Waals surface area contributed by atoms with Gasteiger partial charge in [0.2, 0.25) is 0 Å². The highest BCUT2D eigenvalue weighted by molar-refractivity contribution is 6.30. The van der Waals surface area contributed by atoms with Crippen molar-refractivity contribution in [1.82, 2.24) is 10.6 Å². The molecule has 0 atom stereocenters. The van der Waals surface area contributed by atoms with Crippen LogP contribution in [-0.2, 0) is 5.41 Å². The maximum atomic E-state index is 10.9. The highest BCUT2D eigenvalue weighted by atomic mass is 35.5. The van der Waals surface area contributed by atoms with Crippen molar-refractivity contribution in [1.29, 1.82) is 0 Å². The van der Waals surface area contributed by atoms with Crippen LogP contribution in [0, 0.1) is 0 Å². The monoisotopic (exact) mass is 326 g/mol. The molecule has 1 aliphatic rings. The van der Waals surface area contributed by atoms with E-state index in [1.165, 1.54) is 0 Å². The molecule has 0 aliphatic heterocycles. The molecule has 4 N–H and O–H groups in total. The quantitative estimate of drug-likeness (QED) is 0.647. The van der Waals surface area contributed by atoms with Crippen LogP contribution in [0.4, 0.5) is 4.79 Å². The van der Waals surface area contributed by atoms with Gasteiger partial charge in [0.05, 0.1) is 6.61 Å². The van der Waals surface area contributed by atoms with Gasteiger partial charge in [0.1, 0.15) is 0 Å². The molecule has 0 spiro atoms. The predicted molar refractivity (Wildman–Crippen MR) is 86.5 cm³/mol. The van der Waals surface area contributed by atoms with Crippen molar-refractivity contribution in [3.63, 3.8) is 0 Å². The number of carbonyl (C=O) groups is 1. The van der Waals surface area contributed by atoms with Crippen LogP contribution in [0.1, 0.15) is 31.2 Å². The van der Waals surface area contributed by atoms with Crippen LogP contribution in [0.2, 0.25) is 5.02 Å². The molecule has 0 heterocycles. The summed E-state index contributed by atoms with van der Waals surface area (Å²) in [5, 5.41) is 24.4. The molecule has 1 saturated carbocycles.